The van der Waals surface area contributed by atoms with Crippen molar-refractivity contribution in [2.75, 3.05) is 0 Å². The topological polar surface area (TPSA) is 49.7 Å². The van der Waals surface area contributed by atoms with Crippen LogP contribution in [0, 0.1) is 11.6 Å². The predicted octanol–water partition coefficient (Wildman–Crippen LogP) is 0.451. The SMILES string of the molecule is OB(O)OCc1cc(F)cc(F)c1. The Bertz CT molecular complexity index is 273. The number of halogens is 2. The van der Waals surface area contributed by atoms with E-state index >= 15 is 0 Å². The summed E-state index contributed by atoms with van der Waals surface area (Å²) >= 11 is 0. The summed E-state index contributed by atoms with van der Waals surface area (Å²) in [6, 6.07) is 2.82. The zero-order valence-corrected chi connectivity index (χ0v) is 6.58. The van der Waals surface area contributed by atoms with E-state index in [2.05, 4.69) is 4.65 Å². The van der Waals surface area contributed by atoms with E-state index < -0.39 is 19.0 Å². The number of rotatable bonds is 3. The molecule has 0 heterocycles. The van der Waals surface area contributed by atoms with Crippen molar-refractivity contribution in [2.45, 2.75) is 6.61 Å². The molecule has 3 nitrogen and oxygen atoms in total. The molecule has 0 aromatic heterocycles. The Kier molecular flexibility index (Phi) is 3.35. The van der Waals surface area contributed by atoms with Gasteiger partial charge in [0.05, 0.1) is 6.61 Å². The van der Waals surface area contributed by atoms with E-state index in [-0.39, 0.29) is 12.2 Å². The normalized spacial score (nSPS) is 10.2. The van der Waals surface area contributed by atoms with Gasteiger partial charge in [0.15, 0.2) is 0 Å². The van der Waals surface area contributed by atoms with Crippen molar-refractivity contribution in [3.05, 3.63) is 35.4 Å². The molecule has 0 saturated carbocycles. The van der Waals surface area contributed by atoms with Crippen LogP contribution in [0.25, 0.3) is 0 Å². The van der Waals surface area contributed by atoms with Crippen LogP contribution in [0.5, 0.6) is 0 Å². The summed E-state index contributed by atoms with van der Waals surface area (Å²) in [5.41, 5.74) is 0.200. The Morgan fingerprint density at radius 1 is 1.15 bits per heavy atom. The van der Waals surface area contributed by atoms with Crippen LogP contribution in [0.15, 0.2) is 18.2 Å². The number of benzene rings is 1. The molecule has 70 valence electrons. The van der Waals surface area contributed by atoms with Crippen molar-refractivity contribution in [3.8, 4) is 0 Å². The van der Waals surface area contributed by atoms with Crippen molar-refractivity contribution in [1.29, 1.82) is 0 Å². The summed E-state index contributed by atoms with van der Waals surface area (Å²) in [5, 5.41) is 16.6. The van der Waals surface area contributed by atoms with Crippen molar-refractivity contribution in [3.63, 3.8) is 0 Å². The van der Waals surface area contributed by atoms with Gasteiger partial charge in [-0.15, -0.1) is 0 Å². The van der Waals surface area contributed by atoms with E-state index in [1.165, 1.54) is 0 Å². The minimum Gasteiger partial charge on any atom is -0.402 e. The van der Waals surface area contributed by atoms with Gasteiger partial charge in [-0.05, 0) is 17.7 Å². The highest BCUT2D eigenvalue weighted by atomic mass is 19.1. The third-order valence-corrected chi connectivity index (χ3v) is 1.32. The van der Waals surface area contributed by atoms with Crippen molar-refractivity contribution < 1.29 is 23.5 Å². The first-order valence-corrected chi connectivity index (χ1v) is 3.50. The van der Waals surface area contributed by atoms with E-state index in [0.717, 1.165) is 18.2 Å². The van der Waals surface area contributed by atoms with E-state index in [9.17, 15) is 8.78 Å². The summed E-state index contributed by atoms with van der Waals surface area (Å²) in [6.07, 6.45) is 0. The molecule has 0 aliphatic rings. The monoisotopic (exact) mass is 188 g/mol. The average molecular weight is 188 g/mol. The summed E-state index contributed by atoms with van der Waals surface area (Å²) in [6.45, 7) is -0.258. The van der Waals surface area contributed by atoms with Gasteiger partial charge in [-0.2, -0.15) is 0 Å². The largest absolute Gasteiger partial charge is 0.634 e. The van der Waals surface area contributed by atoms with Crippen molar-refractivity contribution in [1.82, 2.24) is 0 Å². The van der Waals surface area contributed by atoms with Crippen LogP contribution in [0.3, 0.4) is 0 Å². The van der Waals surface area contributed by atoms with Crippen LogP contribution in [0.2, 0.25) is 0 Å². The molecule has 0 amide bonds. The summed E-state index contributed by atoms with van der Waals surface area (Å²) < 4.78 is 29.4. The first-order valence-electron chi connectivity index (χ1n) is 3.50. The Morgan fingerprint density at radius 3 is 2.15 bits per heavy atom. The first kappa shape index (κ1) is 10.1. The van der Waals surface area contributed by atoms with Crippen molar-refractivity contribution >= 4 is 7.32 Å². The first-order chi connectivity index (χ1) is 6.08. The molecule has 1 rings (SSSR count). The molecule has 0 atom stereocenters. The number of hydrogen-bond acceptors (Lipinski definition) is 3. The second-order valence-corrected chi connectivity index (χ2v) is 2.41. The van der Waals surface area contributed by atoms with Gasteiger partial charge in [-0.1, -0.05) is 0 Å². The van der Waals surface area contributed by atoms with E-state index in [1.54, 1.807) is 0 Å². The van der Waals surface area contributed by atoms with Crippen LogP contribution in [-0.2, 0) is 11.3 Å². The van der Waals surface area contributed by atoms with Crippen LogP contribution >= 0.6 is 0 Å². The molecule has 0 aliphatic carbocycles. The van der Waals surface area contributed by atoms with Crippen LogP contribution in [-0.4, -0.2) is 17.4 Å². The summed E-state index contributed by atoms with van der Waals surface area (Å²) in [4.78, 5) is 0. The average Bonchev–Trinajstić information content (AvgIpc) is 1.99. The molecule has 0 radical (unpaired) electrons. The van der Waals surface area contributed by atoms with Gasteiger partial charge in [-0.25, -0.2) is 8.78 Å². The minimum atomic E-state index is -1.94. The lowest BCUT2D eigenvalue weighted by molar-refractivity contribution is 0.176. The Morgan fingerprint density at radius 2 is 1.69 bits per heavy atom. The second kappa shape index (κ2) is 4.31. The molecule has 1 aromatic carbocycles. The zero-order valence-electron chi connectivity index (χ0n) is 6.58. The second-order valence-electron chi connectivity index (χ2n) is 2.41. The molecular formula is C7H7BF2O3. The highest BCUT2D eigenvalue weighted by molar-refractivity contribution is 6.32. The molecule has 13 heavy (non-hydrogen) atoms. The highest BCUT2D eigenvalue weighted by Crippen LogP contribution is 2.08. The highest BCUT2D eigenvalue weighted by Gasteiger charge is 2.09. The molecule has 0 saturated heterocycles. The quantitative estimate of drug-likeness (QED) is 0.677. The van der Waals surface area contributed by atoms with Gasteiger partial charge in [0.2, 0.25) is 0 Å². The molecule has 0 unspecified atom stereocenters. The maximum atomic E-state index is 12.5. The summed E-state index contributed by atoms with van der Waals surface area (Å²) in [7, 11) is -1.94. The van der Waals surface area contributed by atoms with Gasteiger partial charge in [0, 0.05) is 6.07 Å². The summed E-state index contributed by atoms with van der Waals surface area (Å²) in [5.74, 6) is -1.46. The Labute approximate surface area is 73.8 Å². The van der Waals surface area contributed by atoms with Gasteiger partial charge in [0.1, 0.15) is 11.6 Å². The van der Waals surface area contributed by atoms with Gasteiger partial charge >= 0.3 is 7.32 Å². The van der Waals surface area contributed by atoms with E-state index in [0.29, 0.717) is 0 Å². The molecule has 0 fully saturated rings. The van der Waals surface area contributed by atoms with Crippen molar-refractivity contribution in [2.24, 2.45) is 0 Å². The van der Waals surface area contributed by atoms with E-state index in [4.69, 9.17) is 10.0 Å². The van der Waals surface area contributed by atoms with Crippen LogP contribution < -0.4 is 0 Å². The third-order valence-electron chi connectivity index (χ3n) is 1.32. The van der Waals surface area contributed by atoms with Gasteiger partial charge in [0.25, 0.3) is 0 Å². The van der Waals surface area contributed by atoms with E-state index in [1.807, 2.05) is 0 Å². The number of hydrogen-bond donors (Lipinski definition) is 2. The molecule has 0 bridgehead atoms. The molecule has 6 heteroatoms. The predicted molar refractivity (Wildman–Crippen MR) is 41.3 cm³/mol. The standard InChI is InChI=1S/C7H7BF2O3/c9-6-1-5(2-7(10)3-6)4-13-8(11)12/h1-3,11-12H,4H2. The van der Waals surface area contributed by atoms with Gasteiger partial charge < -0.3 is 14.7 Å². The smallest absolute Gasteiger partial charge is 0.402 e. The van der Waals surface area contributed by atoms with Crippen LogP contribution in [0.4, 0.5) is 8.78 Å². The fraction of sp³-hybridized carbons (Fsp3) is 0.143. The van der Waals surface area contributed by atoms with Gasteiger partial charge in [-0.3, -0.25) is 0 Å². The lowest BCUT2D eigenvalue weighted by Gasteiger charge is -2.02. The zero-order chi connectivity index (χ0) is 9.84. The maximum Gasteiger partial charge on any atom is 0.634 e. The maximum absolute atomic E-state index is 12.5. The fourth-order valence-corrected chi connectivity index (χ4v) is 0.865. The molecule has 1 aromatic rings. The lowest BCUT2D eigenvalue weighted by atomic mass is 10.2. The molecule has 0 aliphatic heterocycles. The minimum absolute atomic E-state index is 0.200. The fourth-order valence-electron chi connectivity index (χ4n) is 0.865. The van der Waals surface area contributed by atoms with Crippen LogP contribution in [0.1, 0.15) is 5.56 Å². The lowest BCUT2D eigenvalue weighted by Crippen LogP contribution is -2.16. The Balaban J connectivity index is 2.66. The Hall–Kier alpha value is -0.975. The third kappa shape index (κ3) is 3.50. The molecule has 2 N–H and O–H groups in total. The molecule has 0 spiro atoms. The molecular weight excluding hydrogens is 181 g/mol.